The number of rotatable bonds is 3. The first-order chi connectivity index (χ1) is 9.24. The summed E-state index contributed by atoms with van der Waals surface area (Å²) in [6, 6.07) is 14.5. The van der Waals surface area contributed by atoms with Gasteiger partial charge in [-0.2, -0.15) is 5.10 Å². The van der Waals surface area contributed by atoms with Gasteiger partial charge in [0.15, 0.2) is 0 Å². The Labute approximate surface area is 112 Å². The molecule has 0 fully saturated rings. The Hall–Kier alpha value is -2.16. The van der Waals surface area contributed by atoms with E-state index in [2.05, 4.69) is 58.1 Å². The fourth-order valence-electron chi connectivity index (χ4n) is 2.42. The molecular weight excluding hydrogens is 234 g/mol. The largest absolute Gasteiger partial charge is 0.264 e. The van der Waals surface area contributed by atoms with Crippen LogP contribution in [0.1, 0.15) is 17.1 Å². The molecule has 0 aliphatic carbocycles. The maximum Gasteiger partial charge on any atom is 0.0685 e. The van der Waals surface area contributed by atoms with Gasteiger partial charge in [-0.3, -0.25) is 9.67 Å². The van der Waals surface area contributed by atoms with Crippen molar-refractivity contribution < 1.29 is 0 Å². The molecule has 0 amide bonds. The summed E-state index contributed by atoms with van der Waals surface area (Å²) in [5, 5.41) is 5.85. The lowest BCUT2D eigenvalue weighted by Gasteiger charge is -2.04. The molecule has 3 rings (SSSR count). The molecule has 0 N–H and O–H groups in total. The number of aryl methyl sites for hydroxylation is 4. The SMILES string of the molecule is Cc1cccc(CCn2nc(C)c3ccccc32)n1. The fraction of sp³-hybridized carbons (Fsp3) is 0.250. The van der Waals surface area contributed by atoms with E-state index in [0.29, 0.717) is 0 Å². The highest BCUT2D eigenvalue weighted by Gasteiger charge is 2.06. The van der Waals surface area contributed by atoms with E-state index in [4.69, 9.17) is 0 Å². The van der Waals surface area contributed by atoms with Crippen LogP contribution in [0.4, 0.5) is 0 Å². The third-order valence-corrected chi connectivity index (χ3v) is 3.37. The van der Waals surface area contributed by atoms with Gasteiger partial charge in [-0.25, -0.2) is 0 Å². The van der Waals surface area contributed by atoms with Gasteiger partial charge in [0.05, 0.1) is 11.2 Å². The lowest BCUT2D eigenvalue weighted by molar-refractivity contribution is 0.622. The predicted octanol–water partition coefficient (Wildman–Crippen LogP) is 3.29. The van der Waals surface area contributed by atoms with Crippen LogP contribution in [-0.4, -0.2) is 14.8 Å². The average molecular weight is 251 g/mol. The van der Waals surface area contributed by atoms with Crippen LogP contribution in [0.25, 0.3) is 10.9 Å². The van der Waals surface area contributed by atoms with E-state index in [9.17, 15) is 0 Å². The molecule has 0 aliphatic rings. The molecule has 0 radical (unpaired) electrons. The number of pyridine rings is 1. The van der Waals surface area contributed by atoms with E-state index in [1.807, 2.05) is 13.0 Å². The molecule has 2 heterocycles. The summed E-state index contributed by atoms with van der Waals surface area (Å²) in [7, 11) is 0. The molecule has 3 nitrogen and oxygen atoms in total. The summed E-state index contributed by atoms with van der Waals surface area (Å²) in [6.07, 6.45) is 0.910. The number of para-hydroxylation sites is 1. The topological polar surface area (TPSA) is 30.7 Å². The Morgan fingerprint density at radius 3 is 2.68 bits per heavy atom. The summed E-state index contributed by atoms with van der Waals surface area (Å²) < 4.78 is 2.08. The van der Waals surface area contributed by atoms with Gasteiger partial charge in [-0.1, -0.05) is 24.3 Å². The van der Waals surface area contributed by atoms with Gasteiger partial charge in [0.2, 0.25) is 0 Å². The van der Waals surface area contributed by atoms with Gasteiger partial charge in [0.25, 0.3) is 0 Å². The van der Waals surface area contributed by atoms with Crippen molar-refractivity contribution in [3.63, 3.8) is 0 Å². The van der Waals surface area contributed by atoms with Crippen LogP contribution in [0.3, 0.4) is 0 Å². The fourth-order valence-corrected chi connectivity index (χ4v) is 2.42. The molecule has 1 aromatic carbocycles. The molecule has 2 aromatic heterocycles. The zero-order valence-corrected chi connectivity index (χ0v) is 11.3. The van der Waals surface area contributed by atoms with Crippen molar-refractivity contribution in [2.45, 2.75) is 26.8 Å². The monoisotopic (exact) mass is 251 g/mol. The third-order valence-electron chi connectivity index (χ3n) is 3.37. The third kappa shape index (κ3) is 2.36. The first-order valence-electron chi connectivity index (χ1n) is 6.59. The molecule has 0 saturated carbocycles. The van der Waals surface area contributed by atoms with E-state index in [1.54, 1.807) is 0 Å². The highest BCUT2D eigenvalue weighted by Crippen LogP contribution is 2.17. The Balaban J connectivity index is 1.86. The normalized spacial score (nSPS) is 11.1. The van der Waals surface area contributed by atoms with Crippen LogP contribution < -0.4 is 0 Å². The highest BCUT2D eigenvalue weighted by molar-refractivity contribution is 5.81. The molecule has 0 aliphatic heterocycles. The number of aromatic nitrogens is 3. The number of fused-ring (bicyclic) bond motifs is 1. The number of hydrogen-bond acceptors (Lipinski definition) is 2. The van der Waals surface area contributed by atoms with Crippen molar-refractivity contribution >= 4 is 10.9 Å². The zero-order chi connectivity index (χ0) is 13.2. The number of hydrogen-bond donors (Lipinski definition) is 0. The van der Waals surface area contributed by atoms with Crippen molar-refractivity contribution in [2.75, 3.05) is 0 Å². The van der Waals surface area contributed by atoms with Crippen molar-refractivity contribution in [1.29, 1.82) is 0 Å². The predicted molar refractivity (Wildman–Crippen MR) is 77.1 cm³/mol. The smallest absolute Gasteiger partial charge is 0.0685 e. The quantitative estimate of drug-likeness (QED) is 0.715. The summed E-state index contributed by atoms with van der Waals surface area (Å²) in [5.41, 5.74) is 4.48. The molecule has 3 heteroatoms. The van der Waals surface area contributed by atoms with Crippen LogP contribution in [-0.2, 0) is 13.0 Å². The minimum absolute atomic E-state index is 0.866. The first kappa shape index (κ1) is 11.9. The Morgan fingerprint density at radius 2 is 1.84 bits per heavy atom. The van der Waals surface area contributed by atoms with Gasteiger partial charge >= 0.3 is 0 Å². The first-order valence-corrected chi connectivity index (χ1v) is 6.59. The molecule has 19 heavy (non-hydrogen) atoms. The van der Waals surface area contributed by atoms with Gasteiger partial charge in [-0.05, 0) is 32.0 Å². The molecule has 0 saturated heterocycles. The van der Waals surface area contributed by atoms with Crippen molar-refractivity contribution in [1.82, 2.24) is 14.8 Å². The molecular formula is C16H17N3. The highest BCUT2D eigenvalue weighted by atomic mass is 15.3. The second kappa shape index (κ2) is 4.84. The van der Waals surface area contributed by atoms with Crippen molar-refractivity contribution in [3.8, 4) is 0 Å². The minimum atomic E-state index is 0.866. The molecule has 0 atom stereocenters. The summed E-state index contributed by atoms with van der Waals surface area (Å²) in [5.74, 6) is 0. The van der Waals surface area contributed by atoms with E-state index >= 15 is 0 Å². The Morgan fingerprint density at radius 1 is 1.00 bits per heavy atom. The van der Waals surface area contributed by atoms with Gasteiger partial charge in [0.1, 0.15) is 0 Å². The standard InChI is InChI=1S/C16H17N3/c1-12-6-5-7-14(17-12)10-11-19-16-9-4-3-8-15(16)13(2)18-19/h3-9H,10-11H2,1-2H3. The molecule has 0 spiro atoms. The Kier molecular flexibility index (Phi) is 3.03. The van der Waals surface area contributed by atoms with E-state index in [1.165, 1.54) is 10.9 Å². The number of nitrogens with zero attached hydrogens (tertiary/aromatic N) is 3. The molecule has 0 unspecified atom stereocenters. The van der Waals surface area contributed by atoms with Gasteiger partial charge in [0, 0.05) is 29.7 Å². The van der Waals surface area contributed by atoms with Gasteiger partial charge < -0.3 is 0 Å². The number of benzene rings is 1. The lowest BCUT2D eigenvalue weighted by atomic mass is 10.2. The molecule has 96 valence electrons. The van der Waals surface area contributed by atoms with Crippen LogP contribution in [0.5, 0.6) is 0 Å². The van der Waals surface area contributed by atoms with Crippen molar-refractivity contribution in [3.05, 3.63) is 59.5 Å². The van der Waals surface area contributed by atoms with Gasteiger partial charge in [-0.15, -0.1) is 0 Å². The molecule has 0 bridgehead atoms. The van der Waals surface area contributed by atoms with Crippen LogP contribution >= 0.6 is 0 Å². The van der Waals surface area contributed by atoms with E-state index in [0.717, 1.165) is 30.0 Å². The molecule has 3 aromatic rings. The van der Waals surface area contributed by atoms with E-state index < -0.39 is 0 Å². The van der Waals surface area contributed by atoms with Crippen LogP contribution in [0.2, 0.25) is 0 Å². The Bertz CT molecular complexity index is 713. The zero-order valence-electron chi connectivity index (χ0n) is 11.3. The van der Waals surface area contributed by atoms with Crippen molar-refractivity contribution in [2.24, 2.45) is 0 Å². The summed E-state index contributed by atoms with van der Waals surface area (Å²) in [4.78, 5) is 4.53. The minimum Gasteiger partial charge on any atom is -0.264 e. The van der Waals surface area contributed by atoms with Crippen LogP contribution in [0.15, 0.2) is 42.5 Å². The average Bonchev–Trinajstić information content (AvgIpc) is 2.74. The second-order valence-corrected chi connectivity index (χ2v) is 4.85. The second-order valence-electron chi connectivity index (χ2n) is 4.85. The summed E-state index contributed by atoms with van der Waals surface area (Å²) in [6.45, 7) is 4.95. The van der Waals surface area contributed by atoms with E-state index in [-0.39, 0.29) is 0 Å². The maximum absolute atomic E-state index is 4.62. The maximum atomic E-state index is 4.62. The lowest BCUT2D eigenvalue weighted by Crippen LogP contribution is -2.04. The van der Waals surface area contributed by atoms with Crippen LogP contribution in [0, 0.1) is 13.8 Å². The summed E-state index contributed by atoms with van der Waals surface area (Å²) >= 11 is 0.